The molecule has 0 fully saturated rings. The Kier molecular flexibility index (Phi) is 5.79. The van der Waals surface area contributed by atoms with E-state index in [1.807, 2.05) is 85.8 Å². The largest absolute Gasteiger partial charge is 0.325 e. The molecule has 33 heavy (non-hydrogen) atoms. The van der Waals surface area contributed by atoms with Gasteiger partial charge in [0.25, 0.3) is 5.91 Å². The highest BCUT2D eigenvalue weighted by molar-refractivity contribution is 8.14. The molecule has 0 saturated heterocycles. The minimum absolute atomic E-state index is 0.117. The molecule has 1 atom stereocenters. The molecule has 0 radical (unpaired) electrons. The van der Waals surface area contributed by atoms with Crippen LogP contribution in [-0.4, -0.2) is 39.5 Å². The van der Waals surface area contributed by atoms with Crippen molar-refractivity contribution in [2.75, 3.05) is 11.1 Å². The molecule has 0 bridgehead atoms. The molecular formula is C26H22N4O2S. The van der Waals surface area contributed by atoms with Crippen LogP contribution in [0.4, 0.5) is 11.4 Å². The van der Waals surface area contributed by atoms with Crippen LogP contribution in [0.1, 0.15) is 16.7 Å². The van der Waals surface area contributed by atoms with Gasteiger partial charge in [-0.25, -0.2) is 9.89 Å². The Morgan fingerprint density at radius 1 is 1.00 bits per heavy atom. The van der Waals surface area contributed by atoms with Gasteiger partial charge >= 0.3 is 0 Å². The number of fused-ring (bicyclic) bond motifs is 3. The number of amidine groups is 2. The number of para-hydroxylation sites is 1. The third-order valence-electron chi connectivity index (χ3n) is 5.49. The summed E-state index contributed by atoms with van der Waals surface area (Å²) >= 11 is 1.24. The first-order chi connectivity index (χ1) is 16.1. The molecule has 2 amide bonds. The lowest BCUT2D eigenvalue weighted by Crippen LogP contribution is -2.41. The van der Waals surface area contributed by atoms with E-state index in [0.717, 1.165) is 28.1 Å². The van der Waals surface area contributed by atoms with E-state index in [1.165, 1.54) is 11.8 Å². The van der Waals surface area contributed by atoms with Crippen LogP contribution in [0, 0.1) is 6.92 Å². The van der Waals surface area contributed by atoms with Crippen molar-refractivity contribution in [3.05, 3.63) is 95.6 Å². The number of hydrogen-bond acceptors (Lipinski definition) is 5. The van der Waals surface area contributed by atoms with Gasteiger partial charge in [-0.3, -0.25) is 14.6 Å². The Balaban J connectivity index is 1.36. The van der Waals surface area contributed by atoms with Gasteiger partial charge in [0.2, 0.25) is 5.91 Å². The Morgan fingerprint density at radius 2 is 1.73 bits per heavy atom. The van der Waals surface area contributed by atoms with E-state index in [4.69, 9.17) is 9.98 Å². The lowest BCUT2D eigenvalue weighted by molar-refractivity contribution is -0.124. The molecule has 0 aromatic heterocycles. The number of anilines is 1. The predicted molar refractivity (Wildman–Crippen MR) is 133 cm³/mol. The van der Waals surface area contributed by atoms with Gasteiger partial charge in [-0.05, 0) is 36.8 Å². The van der Waals surface area contributed by atoms with Gasteiger partial charge < -0.3 is 5.32 Å². The molecule has 5 rings (SSSR count). The number of carbonyl (C=O) groups is 2. The van der Waals surface area contributed by atoms with E-state index in [9.17, 15) is 9.59 Å². The first-order valence-corrected chi connectivity index (χ1v) is 11.7. The van der Waals surface area contributed by atoms with Crippen LogP contribution < -0.4 is 5.32 Å². The number of nitrogens with zero attached hydrogens (tertiary/aromatic N) is 3. The van der Waals surface area contributed by atoms with Gasteiger partial charge in [-0.2, -0.15) is 0 Å². The molecule has 7 heteroatoms. The number of rotatable bonds is 5. The molecule has 0 spiro atoms. The second-order valence-corrected chi connectivity index (χ2v) is 8.89. The Hall–Kier alpha value is -3.71. The highest BCUT2D eigenvalue weighted by Crippen LogP contribution is 2.34. The third kappa shape index (κ3) is 4.45. The summed E-state index contributed by atoms with van der Waals surface area (Å²) < 4.78 is 0. The number of carbonyl (C=O) groups excluding carboxylic acids is 2. The fourth-order valence-electron chi connectivity index (χ4n) is 3.83. The number of aryl methyl sites for hydroxylation is 1. The molecule has 0 saturated carbocycles. The van der Waals surface area contributed by atoms with Crippen LogP contribution in [0.5, 0.6) is 0 Å². The van der Waals surface area contributed by atoms with E-state index in [2.05, 4.69) is 5.32 Å². The number of nitrogens with one attached hydrogen (secondary N) is 1. The molecule has 164 valence electrons. The van der Waals surface area contributed by atoms with Crippen LogP contribution >= 0.6 is 11.8 Å². The predicted octanol–water partition coefficient (Wildman–Crippen LogP) is 4.57. The van der Waals surface area contributed by atoms with Crippen molar-refractivity contribution in [2.45, 2.75) is 19.4 Å². The highest BCUT2D eigenvalue weighted by atomic mass is 32.2. The molecule has 0 unspecified atom stereocenters. The lowest BCUT2D eigenvalue weighted by atomic mass is 10.1. The van der Waals surface area contributed by atoms with Crippen LogP contribution in [0.3, 0.4) is 0 Å². The Morgan fingerprint density at radius 3 is 2.52 bits per heavy atom. The van der Waals surface area contributed by atoms with E-state index in [1.54, 1.807) is 4.90 Å². The summed E-state index contributed by atoms with van der Waals surface area (Å²) in [4.78, 5) is 36.9. The normalized spacial score (nSPS) is 16.6. The van der Waals surface area contributed by atoms with Crippen LogP contribution in [0.2, 0.25) is 0 Å². The molecular weight excluding hydrogens is 432 g/mol. The molecule has 2 aliphatic rings. The summed E-state index contributed by atoms with van der Waals surface area (Å²) in [5.41, 5.74) is 4.50. The molecule has 3 aromatic rings. The standard InChI is InChI=1S/C26H22N4O2S/c1-17-11-13-19(14-12-17)27-23(31)16-33-26-29-21-10-6-5-9-20(21)24-28-22(25(32)30(24)26)15-18-7-3-2-4-8-18/h2-14,22H,15-16H2,1H3,(H,27,31)/t22-/m0/s1. The lowest BCUT2D eigenvalue weighted by Gasteiger charge is -2.25. The van der Waals surface area contributed by atoms with Gasteiger partial charge in [0.05, 0.1) is 11.4 Å². The third-order valence-corrected chi connectivity index (χ3v) is 6.43. The summed E-state index contributed by atoms with van der Waals surface area (Å²) in [6.45, 7) is 2.00. The van der Waals surface area contributed by atoms with Crippen LogP contribution in [0.15, 0.2) is 88.8 Å². The van der Waals surface area contributed by atoms with Crippen LogP contribution in [-0.2, 0) is 16.0 Å². The summed E-state index contributed by atoms with van der Waals surface area (Å²) in [6, 6.07) is 24.6. The molecule has 0 aliphatic carbocycles. The van der Waals surface area contributed by atoms with Gasteiger partial charge in [-0.15, -0.1) is 0 Å². The van der Waals surface area contributed by atoms with Gasteiger partial charge in [0, 0.05) is 17.7 Å². The highest BCUT2D eigenvalue weighted by Gasteiger charge is 2.41. The van der Waals surface area contributed by atoms with Gasteiger partial charge in [0.15, 0.2) is 5.17 Å². The maximum Gasteiger partial charge on any atom is 0.259 e. The van der Waals surface area contributed by atoms with E-state index in [-0.39, 0.29) is 17.6 Å². The topological polar surface area (TPSA) is 74.1 Å². The Labute approximate surface area is 196 Å². The minimum atomic E-state index is -0.513. The van der Waals surface area contributed by atoms with Crippen molar-refractivity contribution in [1.82, 2.24) is 4.90 Å². The maximum absolute atomic E-state index is 13.3. The first-order valence-electron chi connectivity index (χ1n) is 10.7. The smallest absolute Gasteiger partial charge is 0.259 e. The number of amides is 2. The van der Waals surface area contributed by atoms with Crippen molar-refractivity contribution in [3.8, 4) is 0 Å². The quantitative estimate of drug-likeness (QED) is 0.614. The SMILES string of the molecule is Cc1ccc(NC(=O)CSC2=Nc3ccccc3C3=N[C@@H](Cc4ccccc4)C(=O)N23)cc1. The van der Waals surface area contributed by atoms with E-state index in [0.29, 0.717) is 17.4 Å². The molecule has 3 aromatic carbocycles. The fourth-order valence-corrected chi connectivity index (χ4v) is 4.63. The molecule has 2 heterocycles. The zero-order valence-electron chi connectivity index (χ0n) is 18.1. The number of hydrogen-bond donors (Lipinski definition) is 1. The second kappa shape index (κ2) is 9.03. The summed E-state index contributed by atoms with van der Waals surface area (Å²) in [6.07, 6.45) is 0.522. The van der Waals surface area contributed by atoms with Crippen molar-refractivity contribution in [1.29, 1.82) is 0 Å². The van der Waals surface area contributed by atoms with Crippen LogP contribution in [0.25, 0.3) is 0 Å². The maximum atomic E-state index is 13.3. The van der Waals surface area contributed by atoms with Gasteiger partial charge in [0.1, 0.15) is 11.9 Å². The number of benzene rings is 3. The zero-order valence-corrected chi connectivity index (χ0v) is 18.9. The number of thioether (sulfide) groups is 1. The Bertz CT molecular complexity index is 1270. The first kappa shape index (κ1) is 21.2. The van der Waals surface area contributed by atoms with E-state index < -0.39 is 6.04 Å². The van der Waals surface area contributed by atoms with E-state index >= 15 is 0 Å². The zero-order chi connectivity index (χ0) is 22.8. The van der Waals surface area contributed by atoms with Crippen molar-refractivity contribution in [3.63, 3.8) is 0 Å². The van der Waals surface area contributed by atoms with Crippen molar-refractivity contribution >= 4 is 46.0 Å². The molecule has 6 nitrogen and oxygen atoms in total. The van der Waals surface area contributed by atoms with Gasteiger partial charge in [-0.1, -0.05) is 71.9 Å². The van der Waals surface area contributed by atoms with Crippen molar-refractivity contribution in [2.24, 2.45) is 9.98 Å². The fraction of sp³-hybridized carbons (Fsp3) is 0.154. The summed E-state index contributed by atoms with van der Waals surface area (Å²) in [5, 5.41) is 3.37. The molecule has 2 aliphatic heterocycles. The minimum Gasteiger partial charge on any atom is -0.325 e. The number of aliphatic imine (C=N–C) groups is 2. The monoisotopic (exact) mass is 454 g/mol. The second-order valence-electron chi connectivity index (χ2n) is 7.95. The average molecular weight is 455 g/mol. The molecule has 1 N–H and O–H groups in total. The summed E-state index contributed by atoms with van der Waals surface area (Å²) in [5.74, 6) is 0.466. The van der Waals surface area contributed by atoms with Crippen molar-refractivity contribution < 1.29 is 9.59 Å². The average Bonchev–Trinajstić information content (AvgIpc) is 3.16. The summed E-state index contributed by atoms with van der Waals surface area (Å²) in [7, 11) is 0.